The minimum atomic E-state index is -0.430. The lowest BCUT2D eigenvalue weighted by molar-refractivity contribution is 0.266. The minimum absolute atomic E-state index is 0.0537. The van der Waals surface area contributed by atoms with E-state index in [1.807, 2.05) is 0 Å². The van der Waals surface area contributed by atoms with Crippen LogP contribution in [-0.4, -0.2) is 31.7 Å². The van der Waals surface area contributed by atoms with Gasteiger partial charge in [0.25, 0.3) is 5.56 Å². The van der Waals surface area contributed by atoms with Gasteiger partial charge >= 0.3 is 0 Å². The third-order valence-electron chi connectivity index (χ3n) is 2.32. The maximum atomic E-state index is 11.7. The maximum Gasteiger partial charge on any atom is 0.287 e. The molecule has 0 aliphatic carbocycles. The van der Waals surface area contributed by atoms with Crippen LogP contribution in [0.5, 0.6) is 0 Å². The molecular formula is C10H12ClN5O2. The van der Waals surface area contributed by atoms with Gasteiger partial charge in [-0.05, 0) is 6.07 Å². The van der Waals surface area contributed by atoms with Crippen LogP contribution in [0.15, 0.2) is 23.3 Å². The number of hydrogen-bond donors (Lipinski definition) is 3. The Labute approximate surface area is 107 Å². The van der Waals surface area contributed by atoms with Crippen molar-refractivity contribution in [1.82, 2.24) is 20.0 Å². The molecule has 0 aliphatic heterocycles. The second-order valence-corrected chi connectivity index (χ2v) is 3.94. The lowest BCUT2D eigenvalue weighted by atomic mass is 10.4. The van der Waals surface area contributed by atoms with Gasteiger partial charge in [-0.1, -0.05) is 11.6 Å². The quantitative estimate of drug-likeness (QED) is 0.722. The van der Waals surface area contributed by atoms with Gasteiger partial charge in [0.05, 0.1) is 37.3 Å². The van der Waals surface area contributed by atoms with Gasteiger partial charge in [0.2, 0.25) is 0 Å². The molecule has 2 heterocycles. The minimum Gasteiger partial charge on any atom is -0.394 e. The summed E-state index contributed by atoms with van der Waals surface area (Å²) in [7, 11) is 0. The summed E-state index contributed by atoms with van der Waals surface area (Å²) in [6, 6.07) is 1.81. The van der Waals surface area contributed by atoms with Gasteiger partial charge in [0.1, 0.15) is 5.02 Å². The smallest absolute Gasteiger partial charge is 0.287 e. The monoisotopic (exact) mass is 269 g/mol. The van der Waals surface area contributed by atoms with E-state index in [2.05, 4.69) is 20.6 Å². The van der Waals surface area contributed by atoms with Gasteiger partial charge in [-0.2, -0.15) is 10.2 Å². The van der Waals surface area contributed by atoms with Crippen LogP contribution in [-0.2, 0) is 13.1 Å². The molecule has 0 unspecified atom stereocenters. The molecule has 0 saturated heterocycles. The van der Waals surface area contributed by atoms with E-state index in [9.17, 15) is 4.79 Å². The number of halogens is 1. The third kappa shape index (κ3) is 2.69. The Morgan fingerprint density at radius 1 is 1.56 bits per heavy atom. The summed E-state index contributed by atoms with van der Waals surface area (Å²) in [4.78, 5) is 11.7. The fourth-order valence-corrected chi connectivity index (χ4v) is 1.63. The van der Waals surface area contributed by atoms with Crippen molar-refractivity contribution < 1.29 is 5.11 Å². The largest absolute Gasteiger partial charge is 0.394 e. The number of rotatable bonds is 5. The topological polar surface area (TPSA) is 95.8 Å². The number of hydrogen-bond acceptors (Lipinski definition) is 5. The van der Waals surface area contributed by atoms with Gasteiger partial charge in [-0.15, -0.1) is 0 Å². The molecule has 0 amide bonds. The Bertz CT molecular complexity index is 566. The van der Waals surface area contributed by atoms with Gasteiger partial charge < -0.3 is 10.4 Å². The summed E-state index contributed by atoms with van der Waals surface area (Å²) in [5, 5.41) is 22.3. The Balaban J connectivity index is 2.14. The summed E-state index contributed by atoms with van der Waals surface area (Å²) in [6.45, 7) is 0.425. The molecule has 8 heteroatoms. The molecule has 96 valence electrons. The van der Waals surface area contributed by atoms with Crippen LogP contribution in [0.3, 0.4) is 0 Å². The number of anilines is 1. The molecule has 0 atom stereocenters. The van der Waals surface area contributed by atoms with E-state index in [-0.39, 0.29) is 18.2 Å². The van der Waals surface area contributed by atoms with Crippen LogP contribution < -0.4 is 10.9 Å². The number of aromatic amines is 1. The van der Waals surface area contributed by atoms with Crippen LogP contribution in [0.1, 0.15) is 5.69 Å². The molecule has 3 N–H and O–H groups in total. The summed E-state index contributed by atoms with van der Waals surface area (Å²) < 4.78 is 1.11. The highest BCUT2D eigenvalue weighted by atomic mass is 35.5. The molecule has 18 heavy (non-hydrogen) atoms. The highest BCUT2D eigenvalue weighted by Crippen LogP contribution is 2.15. The van der Waals surface area contributed by atoms with Crippen molar-refractivity contribution in [2.45, 2.75) is 13.1 Å². The zero-order chi connectivity index (χ0) is 13.0. The Hall–Kier alpha value is -1.86. The molecule has 2 rings (SSSR count). The van der Waals surface area contributed by atoms with E-state index in [0.29, 0.717) is 12.2 Å². The summed E-state index contributed by atoms with van der Waals surface area (Å²) in [5.41, 5.74) is 0.886. The van der Waals surface area contributed by atoms with Gasteiger partial charge in [0, 0.05) is 6.20 Å². The number of aromatic nitrogens is 4. The third-order valence-corrected chi connectivity index (χ3v) is 2.69. The number of aliphatic hydroxyl groups is 1. The maximum absolute atomic E-state index is 11.7. The first-order valence-corrected chi connectivity index (χ1v) is 5.68. The average Bonchev–Trinajstić information content (AvgIpc) is 2.87. The van der Waals surface area contributed by atoms with Gasteiger partial charge in [-0.3, -0.25) is 9.89 Å². The van der Waals surface area contributed by atoms with E-state index in [1.165, 1.54) is 6.20 Å². The van der Waals surface area contributed by atoms with Crippen LogP contribution in [0.2, 0.25) is 5.02 Å². The fourth-order valence-electron chi connectivity index (χ4n) is 1.42. The highest BCUT2D eigenvalue weighted by Gasteiger charge is 2.08. The molecule has 0 fully saturated rings. The molecule has 2 aromatic rings. The first-order valence-electron chi connectivity index (χ1n) is 5.31. The lowest BCUT2D eigenvalue weighted by Crippen LogP contribution is -2.25. The molecule has 0 saturated carbocycles. The van der Waals surface area contributed by atoms with Gasteiger partial charge in [0.15, 0.2) is 0 Å². The number of H-pyrrole nitrogens is 1. The van der Waals surface area contributed by atoms with Crippen molar-refractivity contribution in [1.29, 1.82) is 0 Å². The average molecular weight is 270 g/mol. The molecule has 0 aliphatic rings. The van der Waals surface area contributed by atoms with Crippen molar-refractivity contribution >= 4 is 17.3 Å². The first-order chi connectivity index (χ1) is 8.72. The van der Waals surface area contributed by atoms with Gasteiger partial charge in [-0.25, -0.2) is 4.68 Å². The predicted molar refractivity (Wildman–Crippen MR) is 66.5 cm³/mol. The predicted octanol–water partition coefficient (Wildman–Crippen LogP) is 0.224. The highest BCUT2D eigenvalue weighted by molar-refractivity contribution is 6.32. The van der Waals surface area contributed by atoms with Crippen molar-refractivity contribution in [2.75, 3.05) is 11.9 Å². The summed E-state index contributed by atoms with van der Waals surface area (Å²) in [5.74, 6) is 0. The number of nitrogens with one attached hydrogen (secondary N) is 2. The molecule has 2 aromatic heterocycles. The molecule has 0 aromatic carbocycles. The summed E-state index contributed by atoms with van der Waals surface area (Å²) in [6.07, 6.45) is 3.09. The Morgan fingerprint density at radius 3 is 3.06 bits per heavy atom. The number of nitrogens with zero attached hydrogens (tertiary/aromatic N) is 3. The molecule has 7 nitrogen and oxygen atoms in total. The van der Waals surface area contributed by atoms with E-state index < -0.39 is 5.56 Å². The van der Waals surface area contributed by atoms with Crippen molar-refractivity contribution in [3.63, 3.8) is 0 Å². The molecular weight excluding hydrogens is 258 g/mol. The van der Waals surface area contributed by atoms with Crippen LogP contribution in [0, 0.1) is 0 Å². The molecule has 0 radical (unpaired) electrons. The van der Waals surface area contributed by atoms with E-state index in [4.69, 9.17) is 16.7 Å². The van der Waals surface area contributed by atoms with Crippen molar-refractivity contribution in [3.8, 4) is 0 Å². The Kier molecular flexibility index (Phi) is 3.96. The van der Waals surface area contributed by atoms with Crippen molar-refractivity contribution in [3.05, 3.63) is 39.5 Å². The van der Waals surface area contributed by atoms with E-state index in [0.717, 1.165) is 10.4 Å². The Morgan fingerprint density at radius 2 is 2.39 bits per heavy atom. The van der Waals surface area contributed by atoms with Crippen LogP contribution >= 0.6 is 11.6 Å². The molecule has 0 spiro atoms. The SMILES string of the molecule is O=c1c(Cl)c(NCc2ccn[nH]2)cnn1CCO. The zero-order valence-corrected chi connectivity index (χ0v) is 10.2. The molecule has 0 bridgehead atoms. The standard InChI is InChI=1S/C10H12ClN5O2/c11-9-8(12-5-7-1-2-13-15-7)6-14-16(3-4-17)10(9)18/h1-2,6,12,17H,3-5H2,(H,13,15). The van der Waals surface area contributed by atoms with Crippen LogP contribution in [0.4, 0.5) is 5.69 Å². The first kappa shape index (κ1) is 12.6. The van der Waals surface area contributed by atoms with Crippen molar-refractivity contribution in [2.24, 2.45) is 0 Å². The lowest BCUT2D eigenvalue weighted by Gasteiger charge is -2.08. The fraction of sp³-hybridized carbons (Fsp3) is 0.300. The summed E-state index contributed by atoms with van der Waals surface area (Å²) >= 11 is 5.93. The zero-order valence-electron chi connectivity index (χ0n) is 9.43. The van der Waals surface area contributed by atoms with Crippen LogP contribution in [0.25, 0.3) is 0 Å². The second kappa shape index (κ2) is 5.65. The second-order valence-electron chi connectivity index (χ2n) is 3.56. The normalized spacial score (nSPS) is 10.6. The number of aliphatic hydroxyl groups excluding tert-OH is 1. The van der Waals surface area contributed by atoms with E-state index >= 15 is 0 Å². The van der Waals surface area contributed by atoms with E-state index in [1.54, 1.807) is 12.3 Å².